The molecule has 0 aliphatic carbocycles. The lowest BCUT2D eigenvalue weighted by atomic mass is 9.99. The maximum atomic E-state index is 12.6. The molecule has 3 rings (SSSR count). The zero-order valence-corrected chi connectivity index (χ0v) is 13.5. The van der Waals surface area contributed by atoms with Crippen LogP contribution in [0.2, 0.25) is 0 Å². The Bertz CT molecular complexity index is 669. The van der Waals surface area contributed by atoms with E-state index in [2.05, 4.69) is 40.3 Å². The van der Waals surface area contributed by atoms with E-state index in [1.807, 2.05) is 6.07 Å². The van der Waals surface area contributed by atoms with Crippen molar-refractivity contribution in [3.63, 3.8) is 0 Å². The molecule has 1 aliphatic rings. The lowest BCUT2D eigenvalue weighted by Crippen LogP contribution is -2.41. The monoisotopic (exact) mass is 341 g/mol. The number of fused-ring (bicyclic) bond motifs is 1. The van der Waals surface area contributed by atoms with E-state index in [-0.39, 0.29) is 6.04 Å². The third-order valence-electron chi connectivity index (χ3n) is 4.12. The summed E-state index contributed by atoms with van der Waals surface area (Å²) in [5, 5.41) is 3.34. The van der Waals surface area contributed by atoms with Gasteiger partial charge in [0.2, 0.25) is 0 Å². The third-order valence-corrected chi connectivity index (χ3v) is 5.12. The summed E-state index contributed by atoms with van der Waals surface area (Å²) < 4.78 is 37.7. The van der Waals surface area contributed by atoms with Crippen LogP contribution < -0.4 is 5.32 Å². The summed E-state index contributed by atoms with van der Waals surface area (Å²) in [4.78, 5) is 5.48. The highest BCUT2D eigenvalue weighted by atomic mass is 32.1. The van der Waals surface area contributed by atoms with Gasteiger partial charge in [0.25, 0.3) is 0 Å². The number of hydrogen-bond donors (Lipinski definition) is 1. The largest absolute Gasteiger partial charge is 0.427 e. The Morgan fingerprint density at radius 1 is 1.30 bits per heavy atom. The van der Waals surface area contributed by atoms with Gasteiger partial charge in [-0.25, -0.2) is 4.98 Å². The fourth-order valence-corrected chi connectivity index (χ4v) is 3.44. The van der Waals surface area contributed by atoms with E-state index in [4.69, 9.17) is 0 Å². The van der Waals surface area contributed by atoms with Crippen molar-refractivity contribution >= 4 is 16.5 Å². The molecule has 23 heavy (non-hydrogen) atoms. The van der Waals surface area contributed by atoms with E-state index in [9.17, 15) is 13.2 Å². The van der Waals surface area contributed by atoms with Crippen LogP contribution in [0.3, 0.4) is 0 Å². The first-order chi connectivity index (χ1) is 10.9. The molecule has 1 aromatic heterocycles. The van der Waals surface area contributed by atoms with Crippen LogP contribution in [0.4, 0.5) is 18.3 Å². The van der Waals surface area contributed by atoms with Crippen molar-refractivity contribution in [2.45, 2.75) is 32.1 Å². The molecule has 2 heterocycles. The van der Waals surface area contributed by atoms with E-state index < -0.39 is 11.1 Å². The molecule has 3 nitrogen and oxygen atoms in total. The number of anilines is 1. The zero-order valence-electron chi connectivity index (χ0n) is 12.7. The van der Waals surface area contributed by atoms with Gasteiger partial charge in [0.15, 0.2) is 5.13 Å². The summed E-state index contributed by atoms with van der Waals surface area (Å²) in [6.45, 7) is 4.50. The normalized spacial score (nSPS) is 16.9. The smallest absolute Gasteiger partial charge is 0.360 e. The number of nitrogens with one attached hydrogen (secondary N) is 1. The first kappa shape index (κ1) is 16.3. The molecule has 1 aromatic carbocycles. The SMILES string of the molecule is CC(CNc1ncc(C(F)(F)F)s1)N1CCc2ccccc2C1. The van der Waals surface area contributed by atoms with Crippen molar-refractivity contribution in [2.24, 2.45) is 0 Å². The summed E-state index contributed by atoms with van der Waals surface area (Å²) in [5.74, 6) is 0. The minimum absolute atomic E-state index is 0.224. The van der Waals surface area contributed by atoms with Crippen molar-refractivity contribution in [2.75, 3.05) is 18.4 Å². The van der Waals surface area contributed by atoms with Gasteiger partial charge < -0.3 is 5.32 Å². The second-order valence-corrected chi connectivity index (χ2v) is 6.78. The van der Waals surface area contributed by atoms with Gasteiger partial charge in [-0.1, -0.05) is 35.6 Å². The molecular formula is C16H18F3N3S. The molecule has 2 aromatic rings. The van der Waals surface area contributed by atoms with Gasteiger partial charge in [-0.2, -0.15) is 13.2 Å². The van der Waals surface area contributed by atoms with Gasteiger partial charge >= 0.3 is 6.18 Å². The summed E-state index contributed by atoms with van der Waals surface area (Å²) in [7, 11) is 0. The molecule has 0 saturated carbocycles. The van der Waals surface area contributed by atoms with Gasteiger partial charge in [-0.15, -0.1) is 0 Å². The Balaban J connectivity index is 1.56. The highest BCUT2D eigenvalue weighted by Gasteiger charge is 2.33. The van der Waals surface area contributed by atoms with Crippen LogP contribution in [0, 0.1) is 0 Å². The van der Waals surface area contributed by atoms with Crippen LogP contribution >= 0.6 is 11.3 Å². The molecule has 0 bridgehead atoms. The van der Waals surface area contributed by atoms with E-state index >= 15 is 0 Å². The van der Waals surface area contributed by atoms with E-state index in [0.29, 0.717) is 23.0 Å². The second kappa shape index (κ2) is 6.49. The maximum Gasteiger partial charge on any atom is 0.427 e. The second-order valence-electron chi connectivity index (χ2n) is 5.75. The Morgan fingerprint density at radius 2 is 2.04 bits per heavy atom. The predicted octanol–water partition coefficient (Wildman–Crippen LogP) is 4.02. The number of aromatic nitrogens is 1. The predicted molar refractivity (Wildman–Crippen MR) is 85.6 cm³/mol. The van der Waals surface area contributed by atoms with E-state index in [1.54, 1.807) is 0 Å². The van der Waals surface area contributed by atoms with E-state index in [1.165, 1.54) is 11.1 Å². The molecule has 1 N–H and O–H groups in total. The quantitative estimate of drug-likeness (QED) is 0.910. The topological polar surface area (TPSA) is 28.2 Å². The highest BCUT2D eigenvalue weighted by Crippen LogP contribution is 2.35. The van der Waals surface area contributed by atoms with Crippen LogP contribution in [0.5, 0.6) is 0 Å². The molecule has 0 amide bonds. The maximum absolute atomic E-state index is 12.6. The summed E-state index contributed by atoms with van der Waals surface area (Å²) in [6.07, 6.45) is -2.43. The summed E-state index contributed by atoms with van der Waals surface area (Å²) in [5.41, 5.74) is 2.72. The number of halogens is 3. The van der Waals surface area contributed by atoms with Crippen molar-refractivity contribution in [3.8, 4) is 0 Å². The molecule has 0 radical (unpaired) electrons. The molecule has 0 spiro atoms. The molecule has 1 aliphatic heterocycles. The van der Waals surface area contributed by atoms with Crippen molar-refractivity contribution < 1.29 is 13.2 Å². The van der Waals surface area contributed by atoms with Gasteiger partial charge in [0.05, 0.1) is 6.20 Å². The van der Waals surface area contributed by atoms with Gasteiger partial charge in [-0.05, 0) is 24.5 Å². The zero-order chi connectivity index (χ0) is 16.4. The number of benzene rings is 1. The van der Waals surface area contributed by atoms with Gasteiger partial charge in [-0.3, -0.25) is 4.90 Å². The first-order valence-electron chi connectivity index (χ1n) is 7.51. The highest BCUT2D eigenvalue weighted by molar-refractivity contribution is 7.15. The Hall–Kier alpha value is -1.60. The summed E-state index contributed by atoms with van der Waals surface area (Å²) in [6, 6.07) is 8.61. The molecule has 0 saturated heterocycles. The average Bonchev–Trinajstić information content (AvgIpc) is 3.01. The molecule has 7 heteroatoms. The molecule has 124 valence electrons. The van der Waals surface area contributed by atoms with E-state index in [0.717, 1.165) is 25.7 Å². The molecule has 0 fully saturated rings. The van der Waals surface area contributed by atoms with Crippen molar-refractivity contribution in [1.29, 1.82) is 0 Å². The van der Waals surface area contributed by atoms with Gasteiger partial charge in [0, 0.05) is 25.7 Å². The fourth-order valence-electron chi connectivity index (χ4n) is 2.74. The summed E-state index contributed by atoms with van der Waals surface area (Å²) >= 11 is 0.651. The van der Waals surface area contributed by atoms with Gasteiger partial charge in [0.1, 0.15) is 4.88 Å². The molecule has 1 unspecified atom stereocenters. The number of thiazole rings is 1. The fraction of sp³-hybridized carbons (Fsp3) is 0.438. The Labute approximate surface area is 137 Å². The molecular weight excluding hydrogens is 323 g/mol. The lowest BCUT2D eigenvalue weighted by molar-refractivity contribution is -0.134. The van der Waals surface area contributed by atoms with Crippen LogP contribution in [0.25, 0.3) is 0 Å². The number of hydrogen-bond acceptors (Lipinski definition) is 4. The average molecular weight is 341 g/mol. The first-order valence-corrected chi connectivity index (χ1v) is 8.33. The van der Waals surface area contributed by atoms with Crippen LogP contribution in [0.1, 0.15) is 22.9 Å². The number of nitrogens with zero attached hydrogens (tertiary/aromatic N) is 2. The Morgan fingerprint density at radius 3 is 2.74 bits per heavy atom. The Kier molecular flexibility index (Phi) is 4.59. The van der Waals surface area contributed by atoms with Crippen LogP contribution in [-0.4, -0.2) is 29.0 Å². The number of rotatable bonds is 4. The van der Waals surface area contributed by atoms with Crippen LogP contribution in [0.15, 0.2) is 30.5 Å². The lowest BCUT2D eigenvalue weighted by Gasteiger charge is -2.33. The minimum Gasteiger partial charge on any atom is -0.360 e. The molecule has 1 atom stereocenters. The third kappa shape index (κ3) is 3.84. The van der Waals surface area contributed by atoms with Crippen molar-refractivity contribution in [3.05, 3.63) is 46.5 Å². The number of alkyl halides is 3. The minimum atomic E-state index is -4.32. The standard InChI is InChI=1S/C16H18F3N3S/c1-11(8-20-15-21-9-14(23-15)16(17,18)19)22-7-6-12-4-2-3-5-13(12)10-22/h2-5,9,11H,6-8,10H2,1H3,(H,20,21). The van der Waals surface area contributed by atoms with Crippen molar-refractivity contribution in [1.82, 2.24) is 9.88 Å². The van der Waals surface area contributed by atoms with Crippen LogP contribution in [-0.2, 0) is 19.1 Å².